The highest BCUT2D eigenvalue weighted by Crippen LogP contribution is 2.36. The van der Waals surface area contributed by atoms with Crippen molar-refractivity contribution in [2.45, 2.75) is 43.9 Å². The number of carbonyl (C=O) groups is 1. The molecule has 1 aliphatic carbocycles. The van der Waals surface area contributed by atoms with Gasteiger partial charge in [0.1, 0.15) is 6.10 Å². The third-order valence-electron chi connectivity index (χ3n) is 6.33. The van der Waals surface area contributed by atoms with E-state index in [0.717, 1.165) is 36.8 Å². The Morgan fingerprint density at radius 2 is 1.73 bits per heavy atom. The van der Waals surface area contributed by atoms with Gasteiger partial charge in [0.05, 0.1) is 29.2 Å². The highest BCUT2D eigenvalue weighted by molar-refractivity contribution is 5.77. The van der Waals surface area contributed by atoms with Crippen LogP contribution < -0.4 is 5.69 Å². The van der Waals surface area contributed by atoms with E-state index in [9.17, 15) is 9.59 Å². The zero-order valence-corrected chi connectivity index (χ0v) is 16.5. The molecule has 2 heterocycles. The number of nitriles is 1. The van der Waals surface area contributed by atoms with Crippen molar-refractivity contribution in [1.82, 2.24) is 14.5 Å². The van der Waals surface area contributed by atoms with E-state index in [0.29, 0.717) is 17.6 Å². The largest absolute Gasteiger partial charge is 0.439 e. The first-order valence-corrected chi connectivity index (χ1v) is 10.3. The van der Waals surface area contributed by atoms with Gasteiger partial charge in [-0.15, -0.1) is 0 Å². The van der Waals surface area contributed by atoms with Gasteiger partial charge in [0.25, 0.3) is 0 Å². The molecule has 1 unspecified atom stereocenters. The fraction of sp³-hybridized carbons (Fsp3) is 0.348. The molecule has 152 valence electrons. The number of carbonyl (C=O) groups excluding carboxylic acids is 1. The number of hydrogen-bond acceptors (Lipinski definition) is 4. The second-order valence-corrected chi connectivity index (χ2v) is 8.04. The van der Waals surface area contributed by atoms with Crippen LogP contribution in [0, 0.1) is 11.3 Å². The summed E-state index contributed by atoms with van der Waals surface area (Å²) in [5.41, 5.74) is 2.92. The third-order valence-corrected chi connectivity index (χ3v) is 6.33. The Labute approximate surface area is 173 Å². The van der Waals surface area contributed by atoms with Crippen LogP contribution in [0.15, 0.2) is 53.3 Å². The number of nitrogens with one attached hydrogen (secondary N) is 1. The molecule has 1 saturated heterocycles. The molecule has 7 heteroatoms. The molecule has 1 aliphatic heterocycles. The lowest BCUT2D eigenvalue weighted by atomic mass is 9.90. The van der Waals surface area contributed by atoms with Gasteiger partial charge >= 0.3 is 11.8 Å². The Morgan fingerprint density at radius 3 is 2.47 bits per heavy atom. The number of fused-ring (bicyclic) bond motifs is 1. The molecule has 5 rings (SSSR count). The number of amides is 1. The van der Waals surface area contributed by atoms with Crippen LogP contribution in [0.1, 0.15) is 49.0 Å². The summed E-state index contributed by atoms with van der Waals surface area (Å²) in [4.78, 5) is 29.8. The molecule has 2 aliphatic rings. The summed E-state index contributed by atoms with van der Waals surface area (Å²) in [7, 11) is 0. The van der Waals surface area contributed by atoms with Crippen molar-refractivity contribution in [1.29, 1.82) is 5.26 Å². The maximum atomic E-state index is 12.6. The summed E-state index contributed by atoms with van der Waals surface area (Å²) in [6.07, 6.45) is 2.82. The number of cyclic esters (lactones) is 1. The molecule has 1 N–H and O–H groups in total. The van der Waals surface area contributed by atoms with Crippen molar-refractivity contribution in [2.24, 2.45) is 0 Å². The van der Waals surface area contributed by atoms with Gasteiger partial charge in [-0.2, -0.15) is 5.26 Å². The zero-order valence-electron chi connectivity index (χ0n) is 16.5. The molecule has 30 heavy (non-hydrogen) atoms. The molecule has 3 aromatic rings. The van der Waals surface area contributed by atoms with E-state index in [-0.39, 0.29) is 30.0 Å². The van der Waals surface area contributed by atoms with Crippen LogP contribution in [0.3, 0.4) is 0 Å². The normalized spacial score (nSPS) is 24.0. The number of aromatic amines is 1. The van der Waals surface area contributed by atoms with Gasteiger partial charge < -0.3 is 14.6 Å². The molecule has 1 amide bonds. The minimum Gasteiger partial charge on any atom is -0.439 e. The number of ether oxygens (including phenoxy) is 1. The fourth-order valence-electron chi connectivity index (χ4n) is 4.81. The highest BCUT2D eigenvalue weighted by Gasteiger charge is 2.38. The second-order valence-electron chi connectivity index (χ2n) is 8.04. The smallest absolute Gasteiger partial charge is 0.410 e. The van der Waals surface area contributed by atoms with E-state index in [2.05, 4.69) is 11.1 Å². The molecule has 1 saturated carbocycles. The van der Waals surface area contributed by atoms with Crippen molar-refractivity contribution in [3.05, 3.63) is 70.1 Å². The van der Waals surface area contributed by atoms with Crippen molar-refractivity contribution in [3.8, 4) is 6.07 Å². The van der Waals surface area contributed by atoms with Gasteiger partial charge in [-0.25, -0.2) is 9.59 Å². The first kappa shape index (κ1) is 18.5. The van der Waals surface area contributed by atoms with Crippen LogP contribution in [0.4, 0.5) is 4.79 Å². The van der Waals surface area contributed by atoms with Crippen molar-refractivity contribution in [2.75, 3.05) is 6.54 Å². The Morgan fingerprint density at radius 1 is 1.00 bits per heavy atom. The Balaban J connectivity index is 1.30. The van der Waals surface area contributed by atoms with Gasteiger partial charge in [-0.1, -0.05) is 30.3 Å². The van der Waals surface area contributed by atoms with Crippen molar-refractivity contribution < 1.29 is 9.53 Å². The zero-order chi connectivity index (χ0) is 20.7. The average molecular weight is 402 g/mol. The number of H-pyrrole nitrogens is 1. The topological polar surface area (TPSA) is 91.1 Å². The Kier molecular flexibility index (Phi) is 4.55. The van der Waals surface area contributed by atoms with Crippen LogP contribution in [0.5, 0.6) is 0 Å². The fourth-order valence-corrected chi connectivity index (χ4v) is 4.81. The molecule has 0 spiro atoms. The van der Waals surface area contributed by atoms with Gasteiger partial charge in [-0.05, 0) is 49.4 Å². The standard InChI is InChI=1S/C23H22N4O3/c24-13-15-6-11-20-19(12-15)25-22(28)27(20)18-9-7-17(8-10-18)26-14-21(30-23(26)29)16-4-2-1-3-5-16/h1-6,11-12,17-18,21H,7-10,14H2,(H,25,28). The summed E-state index contributed by atoms with van der Waals surface area (Å²) in [6.45, 7) is 0.572. The number of benzene rings is 2. The van der Waals surface area contributed by atoms with E-state index in [1.165, 1.54) is 0 Å². The summed E-state index contributed by atoms with van der Waals surface area (Å²) in [6, 6.07) is 17.4. The minimum absolute atomic E-state index is 0.0824. The van der Waals surface area contributed by atoms with Crippen molar-refractivity contribution in [3.63, 3.8) is 0 Å². The lowest BCUT2D eigenvalue weighted by molar-refractivity contribution is 0.120. The third kappa shape index (κ3) is 3.14. The number of nitrogens with zero attached hydrogens (tertiary/aromatic N) is 3. The average Bonchev–Trinajstić information content (AvgIpc) is 3.33. The molecular weight excluding hydrogens is 380 g/mol. The Hall–Kier alpha value is -3.53. The first-order chi connectivity index (χ1) is 14.6. The summed E-state index contributed by atoms with van der Waals surface area (Å²) >= 11 is 0. The minimum atomic E-state index is -0.249. The summed E-state index contributed by atoms with van der Waals surface area (Å²) in [5, 5.41) is 9.08. The van der Waals surface area contributed by atoms with Crippen LogP contribution in [-0.4, -0.2) is 33.1 Å². The predicted molar refractivity (Wildman–Crippen MR) is 111 cm³/mol. The van der Waals surface area contributed by atoms with Crippen LogP contribution in [-0.2, 0) is 4.74 Å². The van der Waals surface area contributed by atoms with E-state index in [1.807, 2.05) is 45.9 Å². The Bertz CT molecular complexity index is 1180. The van der Waals surface area contributed by atoms with Crippen LogP contribution in [0.25, 0.3) is 11.0 Å². The maximum Gasteiger partial charge on any atom is 0.410 e. The molecule has 2 aromatic carbocycles. The number of rotatable bonds is 3. The second kappa shape index (κ2) is 7.38. The molecule has 1 aromatic heterocycles. The quantitative estimate of drug-likeness (QED) is 0.720. The summed E-state index contributed by atoms with van der Waals surface area (Å²) < 4.78 is 7.42. The molecule has 0 radical (unpaired) electrons. The molecular formula is C23H22N4O3. The van der Waals surface area contributed by atoms with E-state index in [1.54, 1.807) is 12.1 Å². The van der Waals surface area contributed by atoms with Gasteiger partial charge in [0, 0.05) is 12.1 Å². The van der Waals surface area contributed by atoms with Crippen LogP contribution in [0.2, 0.25) is 0 Å². The molecule has 7 nitrogen and oxygen atoms in total. The van der Waals surface area contributed by atoms with Crippen molar-refractivity contribution >= 4 is 17.1 Å². The highest BCUT2D eigenvalue weighted by atomic mass is 16.6. The van der Waals surface area contributed by atoms with E-state index >= 15 is 0 Å². The predicted octanol–water partition coefficient (Wildman–Crippen LogP) is 3.88. The van der Waals surface area contributed by atoms with E-state index in [4.69, 9.17) is 10.00 Å². The monoisotopic (exact) mass is 402 g/mol. The van der Waals surface area contributed by atoms with Gasteiger partial charge in [0.15, 0.2) is 0 Å². The number of imidazole rings is 1. The SMILES string of the molecule is N#Cc1ccc2c(c1)[nH]c(=O)n2C1CCC(N2CC(c3ccccc3)OC2=O)CC1. The molecule has 2 fully saturated rings. The lowest BCUT2D eigenvalue weighted by Crippen LogP contribution is -2.39. The van der Waals surface area contributed by atoms with E-state index < -0.39 is 0 Å². The maximum absolute atomic E-state index is 12.6. The van der Waals surface area contributed by atoms with Gasteiger partial charge in [-0.3, -0.25) is 4.57 Å². The molecule has 0 bridgehead atoms. The van der Waals surface area contributed by atoms with Crippen LogP contribution >= 0.6 is 0 Å². The first-order valence-electron chi connectivity index (χ1n) is 10.3. The lowest BCUT2D eigenvalue weighted by Gasteiger charge is -2.33. The molecule has 1 atom stereocenters. The number of aromatic nitrogens is 2. The summed E-state index contributed by atoms with van der Waals surface area (Å²) in [5.74, 6) is 0. The number of hydrogen-bond donors (Lipinski definition) is 1. The van der Waals surface area contributed by atoms with Gasteiger partial charge in [0.2, 0.25) is 0 Å².